The number of anilines is 1. The van der Waals surface area contributed by atoms with Gasteiger partial charge in [-0.15, -0.1) is 0 Å². The van der Waals surface area contributed by atoms with Crippen LogP contribution in [0.15, 0.2) is 42.6 Å². The fourth-order valence-electron chi connectivity index (χ4n) is 3.11. The first-order valence-corrected chi connectivity index (χ1v) is 11.1. The minimum Gasteiger partial charge on any atom is -0.496 e. The molecule has 1 amide bonds. The second-order valence-corrected chi connectivity index (χ2v) is 9.02. The third-order valence-electron chi connectivity index (χ3n) is 4.66. The largest absolute Gasteiger partial charge is 0.496 e. The third kappa shape index (κ3) is 5.37. The molecule has 2 aromatic rings. The number of pyridine rings is 1. The van der Waals surface area contributed by atoms with Crippen molar-refractivity contribution in [2.75, 3.05) is 50.5 Å². The molecular formula is C19H23ClN4O4S. The van der Waals surface area contributed by atoms with Crippen LogP contribution in [0.4, 0.5) is 5.82 Å². The Morgan fingerprint density at radius 2 is 1.97 bits per heavy atom. The number of carbonyl (C=O) groups excluding carboxylic acids is 1. The summed E-state index contributed by atoms with van der Waals surface area (Å²) in [7, 11) is -2.02. The van der Waals surface area contributed by atoms with E-state index in [1.54, 1.807) is 18.3 Å². The second-order valence-electron chi connectivity index (χ2n) is 6.49. The van der Waals surface area contributed by atoms with Crippen LogP contribution in [0.2, 0.25) is 5.02 Å². The molecule has 0 unspecified atom stereocenters. The number of hydrogen-bond acceptors (Lipinski definition) is 6. The maximum Gasteiger partial charge on any atom is 0.255 e. The van der Waals surface area contributed by atoms with Gasteiger partial charge >= 0.3 is 0 Å². The van der Waals surface area contributed by atoms with Gasteiger partial charge in [-0.25, -0.2) is 13.4 Å². The average molecular weight is 439 g/mol. The molecule has 0 bridgehead atoms. The van der Waals surface area contributed by atoms with Crippen LogP contribution >= 0.6 is 11.6 Å². The molecule has 1 saturated heterocycles. The molecule has 0 atom stereocenters. The van der Waals surface area contributed by atoms with Crippen molar-refractivity contribution in [2.45, 2.75) is 0 Å². The summed E-state index contributed by atoms with van der Waals surface area (Å²) in [5.74, 6) is 0.609. The lowest BCUT2D eigenvalue weighted by molar-refractivity contribution is 0.0953. The molecule has 1 aliphatic heterocycles. The zero-order valence-electron chi connectivity index (χ0n) is 16.0. The number of amides is 1. The zero-order chi connectivity index (χ0) is 20.9. The lowest BCUT2D eigenvalue weighted by Gasteiger charge is -2.34. The van der Waals surface area contributed by atoms with Crippen LogP contribution < -0.4 is 15.0 Å². The molecule has 1 N–H and O–H groups in total. The molecule has 1 aromatic heterocycles. The molecule has 2 heterocycles. The van der Waals surface area contributed by atoms with Crippen LogP contribution in [0.5, 0.6) is 5.75 Å². The number of sulfonamides is 1. The molecule has 8 nitrogen and oxygen atoms in total. The van der Waals surface area contributed by atoms with E-state index >= 15 is 0 Å². The Kier molecular flexibility index (Phi) is 6.94. The van der Waals surface area contributed by atoms with Crippen molar-refractivity contribution in [1.29, 1.82) is 0 Å². The molecule has 10 heteroatoms. The second kappa shape index (κ2) is 9.43. The minimum atomic E-state index is -3.48. The summed E-state index contributed by atoms with van der Waals surface area (Å²) in [4.78, 5) is 18.7. The van der Waals surface area contributed by atoms with E-state index in [0.29, 0.717) is 37.0 Å². The van der Waals surface area contributed by atoms with Crippen molar-refractivity contribution < 1.29 is 17.9 Å². The molecule has 0 radical (unpaired) electrons. The predicted octanol–water partition coefficient (Wildman–Crippen LogP) is 1.63. The van der Waals surface area contributed by atoms with E-state index in [4.69, 9.17) is 16.3 Å². The molecule has 0 saturated carbocycles. The normalized spacial score (nSPS) is 15.2. The maximum absolute atomic E-state index is 12.6. The number of aromatic nitrogens is 1. The number of hydrogen-bond donors (Lipinski definition) is 1. The van der Waals surface area contributed by atoms with Gasteiger partial charge in [-0.05, 0) is 30.3 Å². The van der Waals surface area contributed by atoms with Crippen molar-refractivity contribution in [3.8, 4) is 5.75 Å². The van der Waals surface area contributed by atoms with Gasteiger partial charge < -0.3 is 15.0 Å². The first-order chi connectivity index (χ1) is 13.9. The summed E-state index contributed by atoms with van der Waals surface area (Å²) in [6, 6.07) is 10.4. The Morgan fingerprint density at radius 3 is 2.62 bits per heavy atom. The highest BCUT2D eigenvalue weighted by atomic mass is 35.5. The SMILES string of the molecule is COc1ccc(Cl)cc1C(=O)NCCS(=O)(=O)N1CCN(c2ccccn2)CC1. The molecule has 0 spiro atoms. The molecule has 0 aliphatic carbocycles. The van der Waals surface area contributed by atoms with Gasteiger partial charge in [0.15, 0.2) is 0 Å². The van der Waals surface area contributed by atoms with Crippen LogP contribution in [0.1, 0.15) is 10.4 Å². The lowest BCUT2D eigenvalue weighted by Crippen LogP contribution is -2.50. The van der Waals surface area contributed by atoms with E-state index in [-0.39, 0.29) is 17.9 Å². The van der Waals surface area contributed by atoms with Crippen LogP contribution in [0.25, 0.3) is 0 Å². The van der Waals surface area contributed by atoms with E-state index in [1.165, 1.54) is 17.5 Å². The van der Waals surface area contributed by atoms with Crippen molar-refractivity contribution in [1.82, 2.24) is 14.6 Å². The number of nitrogens with one attached hydrogen (secondary N) is 1. The Morgan fingerprint density at radius 1 is 1.21 bits per heavy atom. The summed E-state index contributed by atoms with van der Waals surface area (Å²) in [5.41, 5.74) is 0.265. The number of rotatable bonds is 7. The quantitative estimate of drug-likeness (QED) is 0.706. The highest BCUT2D eigenvalue weighted by Crippen LogP contribution is 2.22. The molecule has 1 aromatic carbocycles. The van der Waals surface area contributed by atoms with Gasteiger partial charge in [-0.1, -0.05) is 17.7 Å². The number of methoxy groups -OCH3 is 1. The van der Waals surface area contributed by atoms with Crippen LogP contribution in [-0.4, -0.2) is 69.2 Å². The van der Waals surface area contributed by atoms with Gasteiger partial charge in [0.2, 0.25) is 10.0 Å². The Bertz CT molecular complexity index is 948. The van der Waals surface area contributed by atoms with Crippen molar-refractivity contribution in [3.63, 3.8) is 0 Å². The van der Waals surface area contributed by atoms with Gasteiger partial charge in [-0.3, -0.25) is 4.79 Å². The predicted molar refractivity (Wildman–Crippen MR) is 112 cm³/mol. The van der Waals surface area contributed by atoms with Gasteiger partial charge in [0.05, 0.1) is 18.4 Å². The third-order valence-corrected chi connectivity index (χ3v) is 6.76. The zero-order valence-corrected chi connectivity index (χ0v) is 17.6. The van der Waals surface area contributed by atoms with Crippen molar-refractivity contribution in [3.05, 3.63) is 53.2 Å². The average Bonchev–Trinajstić information content (AvgIpc) is 2.74. The Hall–Kier alpha value is -2.36. The molecule has 3 rings (SSSR count). The highest BCUT2D eigenvalue weighted by molar-refractivity contribution is 7.89. The Balaban J connectivity index is 1.52. The van der Waals surface area contributed by atoms with E-state index < -0.39 is 15.9 Å². The number of benzene rings is 1. The number of ether oxygens (including phenoxy) is 1. The summed E-state index contributed by atoms with van der Waals surface area (Å²) >= 11 is 5.94. The lowest BCUT2D eigenvalue weighted by atomic mass is 10.2. The molecule has 1 aliphatic rings. The minimum absolute atomic E-state index is 0.00269. The van der Waals surface area contributed by atoms with Gasteiger partial charge in [-0.2, -0.15) is 4.31 Å². The maximum atomic E-state index is 12.6. The van der Waals surface area contributed by atoms with E-state index in [0.717, 1.165) is 5.82 Å². The van der Waals surface area contributed by atoms with E-state index in [2.05, 4.69) is 15.2 Å². The number of nitrogens with zero attached hydrogens (tertiary/aromatic N) is 3. The summed E-state index contributed by atoms with van der Waals surface area (Å²) < 4.78 is 31.8. The molecule has 29 heavy (non-hydrogen) atoms. The van der Waals surface area contributed by atoms with Gasteiger partial charge in [0.25, 0.3) is 5.91 Å². The summed E-state index contributed by atoms with van der Waals surface area (Å²) in [5, 5.41) is 3.02. The summed E-state index contributed by atoms with van der Waals surface area (Å²) in [6.45, 7) is 1.91. The van der Waals surface area contributed by atoms with Gasteiger partial charge in [0, 0.05) is 43.9 Å². The summed E-state index contributed by atoms with van der Waals surface area (Å²) in [6.07, 6.45) is 1.72. The van der Waals surface area contributed by atoms with Crippen molar-refractivity contribution >= 4 is 33.3 Å². The van der Waals surface area contributed by atoms with Crippen molar-refractivity contribution in [2.24, 2.45) is 0 Å². The monoisotopic (exact) mass is 438 g/mol. The van der Waals surface area contributed by atoms with E-state index in [9.17, 15) is 13.2 Å². The fraction of sp³-hybridized carbons (Fsp3) is 0.368. The molecule has 156 valence electrons. The smallest absolute Gasteiger partial charge is 0.255 e. The highest BCUT2D eigenvalue weighted by Gasteiger charge is 2.27. The fourth-order valence-corrected chi connectivity index (χ4v) is 4.62. The van der Waals surface area contributed by atoms with Crippen LogP contribution in [0.3, 0.4) is 0 Å². The topological polar surface area (TPSA) is 91.8 Å². The Labute approximate surface area is 175 Å². The van der Waals surface area contributed by atoms with Crippen LogP contribution in [-0.2, 0) is 10.0 Å². The number of halogens is 1. The molecule has 1 fully saturated rings. The van der Waals surface area contributed by atoms with E-state index in [1.807, 2.05) is 18.2 Å². The first kappa shape index (κ1) is 21.4. The van der Waals surface area contributed by atoms with Gasteiger partial charge in [0.1, 0.15) is 11.6 Å². The first-order valence-electron chi connectivity index (χ1n) is 9.16. The molecular weight excluding hydrogens is 416 g/mol. The number of piperazine rings is 1. The standard InChI is InChI=1S/C19H23ClN4O4S/c1-28-17-6-5-15(20)14-16(17)19(25)22-8-13-29(26,27)24-11-9-23(10-12-24)18-4-2-3-7-21-18/h2-7,14H,8-13H2,1H3,(H,22,25). The van der Waals surface area contributed by atoms with Crippen LogP contribution in [0, 0.1) is 0 Å². The number of carbonyl (C=O) groups is 1.